The van der Waals surface area contributed by atoms with Crippen molar-refractivity contribution in [3.05, 3.63) is 34.6 Å². The lowest BCUT2D eigenvalue weighted by Gasteiger charge is -2.11. The summed E-state index contributed by atoms with van der Waals surface area (Å²) in [6.07, 6.45) is 0.586. The van der Waals surface area contributed by atoms with Crippen LogP contribution in [0, 0.1) is 5.82 Å². The largest absolute Gasteiger partial charge is 0.315 e. The van der Waals surface area contributed by atoms with Crippen LogP contribution in [0.5, 0.6) is 0 Å². The Labute approximate surface area is 86.4 Å². The minimum Gasteiger partial charge on any atom is -0.315 e. The number of rotatable bonds is 1. The van der Waals surface area contributed by atoms with Crippen molar-refractivity contribution in [2.75, 3.05) is 0 Å². The summed E-state index contributed by atoms with van der Waals surface area (Å²) in [7, 11) is 0. The second kappa shape index (κ2) is 3.82. The first kappa shape index (κ1) is 9.86. The Balaban J connectivity index is 2.27. The van der Waals surface area contributed by atoms with E-state index in [0.717, 1.165) is 5.56 Å². The zero-order valence-electron chi connectivity index (χ0n) is 7.43. The van der Waals surface area contributed by atoms with Gasteiger partial charge in [0.05, 0.1) is 12.2 Å². The molecule has 5 heteroatoms. The van der Waals surface area contributed by atoms with Crippen LogP contribution in [0.15, 0.2) is 18.2 Å². The minimum absolute atomic E-state index is 0.0202. The van der Waals surface area contributed by atoms with Gasteiger partial charge < -0.3 is 5.73 Å². The van der Waals surface area contributed by atoms with Crippen LogP contribution in [-0.4, -0.2) is 6.17 Å². The summed E-state index contributed by atoms with van der Waals surface area (Å²) in [5, 5.41) is 0.555. The molecule has 3 nitrogen and oxygen atoms in total. The predicted molar refractivity (Wildman–Crippen MR) is 53.0 cm³/mol. The number of halogens is 2. The normalized spacial score (nSPS) is 26.8. The highest BCUT2D eigenvalue weighted by atomic mass is 35.5. The molecule has 4 N–H and O–H groups in total. The molecule has 0 bridgehead atoms. The minimum atomic E-state index is -0.285. The molecule has 0 saturated carbocycles. The summed E-state index contributed by atoms with van der Waals surface area (Å²) in [4.78, 5) is 0. The maximum absolute atomic E-state index is 13.0. The molecule has 0 aliphatic carbocycles. The van der Waals surface area contributed by atoms with E-state index in [1.54, 1.807) is 6.07 Å². The molecule has 1 heterocycles. The first-order valence-corrected chi connectivity index (χ1v) is 4.76. The zero-order chi connectivity index (χ0) is 10.1. The third kappa shape index (κ3) is 1.88. The molecule has 76 valence electrons. The van der Waals surface area contributed by atoms with Crippen molar-refractivity contribution in [3.8, 4) is 0 Å². The smallest absolute Gasteiger partial charge is 0.123 e. The van der Waals surface area contributed by atoms with Crippen LogP contribution in [0.4, 0.5) is 4.39 Å². The lowest BCUT2D eigenvalue weighted by atomic mass is 10.0. The van der Waals surface area contributed by atoms with E-state index in [4.69, 9.17) is 17.3 Å². The van der Waals surface area contributed by atoms with Gasteiger partial charge in [0.2, 0.25) is 0 Å². The van der Waals surface area contributed by atoms with E-state index in [1.165, 1.54) is 12.1 Å². The van der Waals surface area contributed by atoms with Gasteiger partial charge in [-0.3, -0.25) is 0 Å². The highest BCUT2D eigenvalue weighted by molar-refractivity contribution is 6.31. The van der Waals surface area contributed by atoms with E-state index in [2.05, 4.69) is 10.9 Å². The Hall–Kier alpha value is -0.680. The Morgan fingerprint density at radius 2 is 2.21 bits per heavy atom. The molecule has 0 radical (unpaired) electrons. The van der Waals surface area contributed by atoms with Gasteiger partial charge in [0.1, 0.15) is 5.82 Å². The highest BCUT2D eigenvalue weighted by Gasteiger charge is 2.24. The molecule has 0 amide bonds. The Morgan fingerprint density at radius 1 is 1.43 bits per heavy atom. The number of hydrogen-bond donors (Lipinski definition) is 3. The fraction of sp³-hybridized carbons (Fsp3) is 0.333. The molecular formula is C9H11ClFN3. The van der Waals surface area contributed by atoms with E-state index in [-0.39, 0.29) is 18.0 Å². The van der Waals surface area contributed by atoms with Crippen molar-refractivity contribution in [1.82, 2.24) is 10.9 Å². The van der Waals surface area contributed by atoms with E-state index in [0.29, 0.717) is 11.4 Å². The third-order valence-electron chi connectivity index (χ3n) is 2.27. The average molecular weight is 216 g/mol. The standard InChI is InChI=1S/C9H11ClFN3/c10-7-2-1-5(11)3-6(7)8-4-9(12)14-13-8/h1-3,8-9,13-14H,4,12H2. The topological polar surface area (TPSA) is 50.1 Å². The summed E-state index contributed by atoms with van der Waals surface area (Å²) in [5.74, 6) is -0.285. The molecule has 2 unspecified atom stereocenters. The molecule has 14 heavy (non-hydrogen) atoms. The van der Waals surface area contributed by atoms with Crippen LogP contribution < -0.4 is 16.6 Å². The SMILES string of the molecule is NC1CC(c2cc(F)ccc2Cl)NN1. The van der Waals surface area contributed by atoms with Crippen molar-refractivity contribution in [1.29, 1.82) is 0 Å². The molecule has 1 aliphatic heterocycles. The Morgan fingerprint density at radius 3 is 2.86 bits per heavy atom. The average Bonchev–Trinajstić information content (AvgIpc) is 2.56. The molecule has 1 fully saturated rings. The number of nitrogens with one attached hydrogen (secondary N) is 2. The van der Waals surface area contributed by atoms with Gasteiger partial charge in [-0.1, -0.05) is 11.6 Å². The molecular weight excluding hydrogens is 205 g/mol. The number of hydrazine groups is 1. The lowest BCUT2D eigenvalue weighted by Crippen LogP contribution is -2.36. The van der Waals surface area contributed by atoms with Crippen LogP contribution in [-0.2, 0) is 0 Å². The molecule has 1 aromatic carbocycles. The molecule has 1 aliphatic rings. The quantitative estimate of drug-likeness (QED) is 0.662. The monoisotopic (exact) mass is 215 g/mol. The summed E-state index contributed by atoms with van der Waals surface area (Å²) < 4.78 is 13.0. The summed E-state index contributed by atoms with van der Waals surface area (Å²) in [6.45, 7) is 0. The maximum atomic E-state index is 13.0. The van der Waals surface area contributed by atoms with Crippen molar-refractivity contribution < 1.29 is 4.39 Å². The van der Waals surface area contributed by atoms with Gasteiger partial charge in [0, 0.05) is 5.02 Å². The Bertz CT molecular complexity index is 345. The summed E-state index contributed by atoms with van der Waals surface area (Å²) in [6, 6.07) is 4.30. The zero-order valence-corrected chi connectivity index (χ0v) is 8.18. The number of hydrogen-bond acceptors (Lipinski definition) is 3. The van der Waals surface area contributed by atoms with Crippen molar-refractivity contribution >= 4 is 11.6 Å². The third-order valence-corrected chi connectivity index (χ3v) is 2.61. The van der Waals surface area contributed by atoms with Crippen LogP contribution in [0.25, 0.3) is 0 Å². The fourth-order valence-electron chi connectivity index (χ4n) is 1.57. The van der Waals surface area contributed by atoms with Crippen LogP contribution in [0.3, 0.4) is 0 Å². The van der Waals surface area contributed by atoms with Crippen molar-refractivity contribution in [2.45, 2.75) is 18.6 Å². The molecule has 2 atom stereocenters. The van der Waals surface area contributed by atoms with Gasteiger partial charge in [0.25, 0.3) is 0 Å². The van der Waals surface area contributed by atoms with Crippen LogP contribution in [0.2, 0.25) is 5.02 Å². The molecule has 1 aromatic rings. The molecule has 2 rings (SSSR count). The first-order valence-electron chi connectivity index (χ1n) is 4.38. The highest BCUT2D eigenvalue weighted by Crippen LogP contribution is 2.27. The first-order chi connectivity index (χ1) is 6.66. The van der Waals surface area contributed by atoms with Crippen molar-refractivity contribution in [2.24, 2.45) is 5.73 Å². The number of benzene rings is 1. The van der Waals surface area contributed by atoms with Crippen LogP contribution in [0.1, 0.15) is 18.0 Å². The number of nitrogens with two attached hydrogens (primary N) is 1. The Kier molecular flexibility index (Phi) is 2.69. The molecule has 0 aromatic heterocycles. The summed E-state index contributed by atoms with van der Waals surface area (Å²) >= 11 is 5.95. The lowest BCUT2D eigenvalue weighted by molar-refractivity contribution is 0.549. The van der Waals surface area contributed by atoms with Gasteiger partial charge in [0.15, 0.2) is 0 Å². The van der Waals surface area contributed by atoms with Gasteiger partial charge in [-0.05, 0) is 30.2 Å². The van der Waals surface area contributed by atoms with E-state index < -0.39 is 0 Å². The predicted octanol–water partition coefficient (Wildman–Crippen LogP) is 1.30. The second-order valence-corrected chi connectivity index (χ2v) is 3.76. The molecule has 1 saturated heterocycles. The fourth-order valence-corrected chi connectivity index (χ4v) is 1.82. The summed E-state index contributed by atoms with van der Waals surface area (Å²) in [5.41, 5.74) is 12.2. The van der Waals surface area contributed by atoms with Crippen LogP contribution >= 0.6 is 11.6 Å². The van der Waals surface area contributed by atoms with E-state index in [9.17, 15) is 4.39 Å². The van der Waals surface area contributed by atoms with E-state index >= 15 is 0 Å². The van der Waals surface area contributed by atoms with Gasteiger partial charge in [-0.25, -0.2) is 15.2 Å². The second-order valence-electron chi connectivity index (χ2n) is 3.35. The van der Waals surface area contributed by atoms with Gasteiger partial charge in [-0.15, -0.1) is 0 Å². The molecule has 0 spiro atoms. The van der Waals surface area contributed by atoms with E-state index in [1.807, 2.05) is 0 Å². The van der Waals surface area contributed by atoms with Crippen molar-refractivity contribution in [3.63, 3.8) is 0 Å². The maximum Gasteiger partial charge on any atom is 0.123 e. The van der Waals surface area contributed by atoms with Gasteiger partial charge >= 0.3 is 0 Å². The van der Waals surface area contributed by atoms with Gasteiger partial charge in [-0.2, -0.15) is 0 Å².